The summed E-state index contributed by atoms with van der Waals surface area (Å²) < 4.78 is 43.9. The van der Waals surface area contributed by atoms with Gasteiger partial charge >= 0.3 is 12.3 Å². The molecule has 11 nitrogen and oxygen atoms in total. The van der Waals surface area contributed by atoms with Crippen molar-refractivity contribution in [1.82, 2.24) is 29.7 Å². The monoisotopic (exact) mass is 602 g/mol. The Morgan fingerprint density at radius 3 is 2.48 bits per heavy atom. The van der Waals surface area contributed by atoms with Crippen molar-refractivity contribution in [3.05, 3.63) is 65.9 Å². The van der Waals surface area contributed by atoms with Crippen LogP contribution >= 0.6 is 11.8 Å². The molecular weight excluding hydrogens is 577 g/mol. The van der Waals surface area contributed by atoms with Gasteiger partial charge in [0.25, 0.3) is 5.91 Å². The number of carbonyl (C=O) groups excluding carboxylic acids is 2. The smallest absolute Gasteiger partial charge is 0.480 e. The van der Waals surface area contributed by atoms with Crippen LogP contribution in [0.5, 0.6) is 5.75 Å². The molecule has 2 amide bonds. The molecule has 42 heavy (non-hydrogen) atoms. The number of fused-ring (bicyclic) bond motifs is 3. The highest BCUT2D eigenvalue weighted by Crippen LogP contribution is 2.28. The van der Waals surface area contributed by atoms with Gasteiger partial charge in [-0.05, 0) is 24.3 Å². The third kappa shape index (κ3) is 6.91. The molecule has 2 aromatic carbocycles. The number of rotatable bonds is 9. The zero-order valence-corrected chi connectivity index (χ0v) is 22.8. The number of hydrogen-bond donors (Lipinski definition) is 2. The number of para-hydroxylation sites is 2. The van der Waals surface area contributed by atoms with E-state index in [2.05, 4.69) is 20.1 Å². The minimum absolute atomic E-state index is 0.0638. The number of nitrogens with zero attached hydrogens (tertiary/aromatic N) is 5. The van der Waals surface area contributed by atoms with Gasteiger partial charge in [-0.15, -0.1) is 13.2 Å². The van der Waals surface area contributed by atoms with Crippen molar-refractivity contribution in [3.63, 3.8) is 0 Å². The fraction of sp³-hybridized carbons (Fsp3) is 0.296. The predicted molar refractivity (Wildman–Crippen MR) is 146 cm³/mol. The number of ether oxygens (including phenoxy) is 1. The van der Waals surface area contributed by atoms with Gasteiger partial charge in [0.2, 0.25) is 5.91 Å². The molecule has 1 aliphatic rings. The fourth-order valence-corrected chi connectivity index (χ4v) is 5.44. The van der Waals surface area contributed by atoms with Crippen molar-refractivity contribution in [3.8, 4) is 5.75 Å². The fourth-order valence-electron chi connectivity index (χ4n) is 4.58. The minimum atomic E-state index is -4.95. The lowest BCUT2D eigenvalue weighted by atomic mass is 10.2. The first-order valence-electron chi connectivity index (χ1n) is 12.8. The quantitative estimate of drug-likeness (QED) is 0.219. The number of carboxylic acids is 1. The zero-order chi connectivity index (χ0) is 29.9. The van der Waals surface area contributed by atoms with Crippen LogP contribution in [0.25, 0.3) is 16.4 Å². The molecule has 0 bridgehead atoms. The van der Waals surface area contributed by atoms with Crippen molar-refractivity contribution in [1.29, 1.82) is 0 Å². The van der Waals surface area contributed by atoms with Crippen LogP contribution in [0.3, 0.4) is 0 Å². The summed E-state index contributed by atoms with van der Waals surface area (Å²) in [6.07, 6.45) is -4.95. The number of aliphatic carboxylic acids is 1. The number of aromatic nitrogens is 3. The standard InChI is InChI=1S/C27H25F3N6O5S/c28-27(29,30)41-22-8-4-2-6-19(22)25(40)31-14-17-13-21-18-5-1-3-7-20(18)32-26(36(21)33-17)42-16-23(37)35-11-9-34(10-12-35)15-24(38)39/h1-8,13H,9-12,14-16H2,(H,31,40)(H,38,39). The van der Waals surface area contributed by atoms with Gasteiger partial charge in [0.05, 0.1) is 41.1 Å². The predicted octanol–water partition coefficient (Wildman–Crippen LogP) is 3.03. The van der Waals surface area contributed by atoms with Crippen molar-refractivity contribution in [2.45, 2.75) is 18.1 Å². The number of piperazine rings is 1. The molecule has 1 aliphatic heterocycles. The molecule has 15 heteroatoms. The first-order chi connectivity index (χ1) is 20.1. The van der Waals surface area contributed by atoms with Crippen LogP contribution in [0.1, 0.15) is 16.1 Å². The van der Waals surface area contributed by atoms with Gasteiger partial charge in [-0.25, -0.2) is 9.50 Å². The number of nitrogens with one attached hydrogen (secondary N) is 1. The molecule has 1 fully saturated rings. The summed E-state index contributed by atoms with van der Waals surface area (Å²) >= 11 is 1.20. The molecule has 4 aromatic rings. The summed E-state index contributed by atoms with van der Waals surface area (Å²) in [6, 6.07) is 14.2. The number of halogens is 3. The van der Waals surface area contributed by atoms with E-state index in [1.165, 1.54) is 30.0 Å². The van der Waals surface area contributed by atoms with E-state index in [0.717, 1.165) is 11.5 Å². The lowest BCUT2D eigenvalue weighted by Gasteiger charge is -2.33. The number of amides is 2. The Balaban J connectivity index is 1.31. The number of alkyl halides is 3. The van der Waals surface area contributed by atoms with Crippen LogP contribution in [0.2, 0.25) is 0 Å². The summed E-state index contributed by atoms with van der Waals surface area (Å²) in [5, 5.41) is 17.4. The number of carbonyl (C=O) groups is 3. The van der Waals surface area contributed by atoms with E-state index < -0.39 is 24.0 Å². The highest BCUT2D eigenvalue weighted by Gasteiger charge is 2.33. The van der Waals surface area contributed by atoms with Crippen LogP contribution in [-0.4, -0.2) is 92.1 Å². The maximum Gasteiger partial charge on any atom is 0.573 e. The van der Waals surface area contributed by atoms with Gasteiger partial charge in [-0.1, -0.05) is 42.1 Å². The summed E-state index contributed by atoms with van der Waals surface area (Å²) in [6.45, 7) is 1.65. The first-order valence-corrected chi connectivity index (χ1v) is 13.8. The maximum atomic E-state index is 12.9. The number of benzene rings is 2. The average Bonchev–Trinajstić information content (AvgIpc) is 3.39. The molecule has 220 valence electrons. The third-order valence-electron chi connectivity index (χ3n) is 6.53. The van der Waals surface area contributed by atoms with E-state index in [9.17, 15) is 27.6 Å². The Morgan fingerprint density at radius 1 is 1.02 bits per heavy atom. The maximum absolute atomic E-state index is 12.9. The van der Waals surface area contributed by atoms with Crippen LogP contribution in [0, 0.1) is 0 Å². The van der Waals surface area contributed by atoms with E-state index in [0.29, 0.717) is 48.1 Å². The lowest BCUT2D eigenvalue weighted by Crippen LogP contribution is -2.50. The van der Waals surface area contributed by atoms with Crippen molar-refractivity contribution < 1.29 is 37.4 Å². The second-order valence-electron chi connectivity index (χ2n) is 9.41. The van der Waals surface area contributed by atoms with E-state index in [1.54, 1.807) is 20.4 Å². The summed E-state index contributed by atoms with van der Waals surface area (Å²) in [5.41, 5.74) is 1.52. The van der Waals surface area contributed by atoms with Crippen LogP contribution in [-0.2, 0) is 16.1 Å². The zero-order valence-electron chi connectivity index (χ0n) is 22.0. The van der Waals surface area contributed by atoms with Gasteiger partial charge in [0.1, 0.15) is 5.75 Å². The molecule has 0 unspecified atom stereocenters. The molecule has 2 aromatic heterocycles. The van der Waals surface area contributed by atoms with Crippen molar-refractivity contribution in [2.24, 2.45) is 0 Å². The normalized spacial score (nSPS) is 14.3. The topological polar surface area (TPSA) is 129 Å². The molecular formula is C27H25F3N6O5S. The van der Waals surface area contributed by atoms with E-state index in [4.69, 9.17) is 5.11 Å². The molecule has 2 N–H and O–H groups in total. The molecule has 0 spiro atoms. The third-order valence-corrected chi connectivity index (χ3v) is 7.45. The highest BCUT2D eigenvalue weighted by molar-refractivity contribution is 7.99. The molecule has 0 aliphatic carbocycles. The van der Waals surface area contributed by atoms with E-state index >= 15 is 0 Å². The molecule has 3 heterocycles. The highest BCUT2D eigenvalue weighted by atomic mass is 32.2. The lowest BCUT2D eigenvalue weighted by molar-refractivity contribution is -0.274. The van der Waals surface area contributed by atoms with Crippen LogP contribution in [0.4, 0.5) is 13.2 Å². The Hall–Kier alpha value is -4.37. The minimum Gasteiger partial charge on any atom is -0.480 e. The average molecular weight is 603 g/mol. The van der Waals surface area contributed by atoms with Crippen LogP contribution < -0.4 is 10.1 Å². The van der Waals surface area contributed by atoms with Crippen molar-refractivity contribution in [2.75, 3.05) is 38.5 Å². The second-order valence-corrected chi connectivity index (χ2v) is 10.4. The number of thioether (sulfide) groups is 1. The Labute approximate surface area is 241 Å². The van der Waals surface area contributed by atoms with E-state index in [1.807, 2.05) is 24.3 Å². The largest absolute Gasteiger partial charge is 0.573 e. The SMILES string of the molecule is O=C(O)CN1CCN(C(=O)CSc2nc3ccccc3c3cc(CNC(=O)c4ccccc4OC(F)(F)F)nn23)CC1. The van der Waals surface area contributed by atoms with Gasteiger partial charge < -0.3 is 20.1 Å². The Kier molecular flexibility index (Phi) is 8.49. The molecule has 0 radical (unpaired) electrons. The van der Waals surface area contributed by atoms with Gasteiger partial charge in [-0.2, -0.15) is 5.10 Å². The van der Waals surface area contributed by atoms with Gasteiger partial charge in [0.15, 0.2) is 5.16 Å². The number of carboxylic acid groups (broad SMARTS) is 1. The van der Waals surface area contributed by atoms with Gasteiger partial charge in [0, 0.05) is 31.6 Å². The first kappa shape index (κ1) is 29.1. The summed E-state index contributed by atoms with van der Waals surface area (Å²) in [5.74, 6) is -2.31. The van der Waals surface area contributed by atoms with Gasteiger partial charge in [-0.3, -0.25) is 19.3 Å². The Morgan fingerprint density at radius 2 is 1.74 bits per heavy atom. The Bertz CT molecular complexity index is 1640. The van der Waals surface area contributed by atoms with Crippen LogP contribution in [0.15, 0.2) is 59.8 Å². The number of hydrogen-bond acceptors (Lipinski definition) is 8. The van der Waals surface area contributed by atoms with Crippen molar-refractivity contribution >= 4 is 46.0 Å². The summed E-state index contributed by atoms with van der Waals surface area (Å²) in [7, 11) is 0. The molecule has 5 rings (SSSR count). The molecule has 0 atom stereocenters. The molecule has 1 saturated heterocycles. The van der Waals surface area contributed by atoms with E-state index in [-0.39, 0.29) is 30.3 Å². The second kappa shape index (κ2) is 12.2. The molecule has 0 saturated carbocycles. The summed E-state index contributed by atoms with van der Waals surface area (Å²) in [4.78, 5) is 44.7.